The van der Waals surface area contributed by atoms with Gasteiger partial charge in [-0.1, -0.05) is 48.5 Å². The van der Waals surface area contributed by atoms with Gasteiger partial charge in [0.05, 0.1) is 7.11 Å². The number of fused-ring (bicyclic) bond motifs is 1. The normalized spacial score (nSPS) is 13.3. The zero-order chi connectivity index (χ0) is 19.2. The molecule has 4 nitrogen and oxygen atoms in total. The van der Waals surface area contributed by atoms with Crippen molar-refractivity contribution in [2.45, 2.75) is 18.9 Å². The number of nitrogens with one attached hydrogen (secondary N) is 1. The van der Waals surface area contributed by atoms with E-state index >= 15 is 0 Å². The number of ether oxygens (including phenoxy) is 3. The first-order valence-corrected chi connectivity index (χ1v) is 9.61. The number of hydrogen-bond donors (Lipinski definition) is 1. The van der Waals surface area contributed by atoms with Gasteiger partial charge in [-0.25, -0.2) is 0 Å². The van der Waals surface area contributed by atoms with E-state index in [4.69, 9.17) is 14.2 Å². The van der Waals surface area contributed by atoms with Crippen LogP contribution in [0.25, 0.3) is 0 Å². The lowest BCUT2D eigenvalue weighted by atomic mass is 9.88. The van der Waals surface area contributed by atoms with Gasteiger partial charge in [0.2, 0.25) is 6.79 Å². The number of rotatable bonds is 8. The van der Waals surface area contributed by atoms with Gasteiger partial charge < -0.3 is 19.5 Å². The summed E-state index contributed by atoms with van der Waals surface area (Å²) in [4.78, 5) is 0. The summed E-state index contributed by atoms with van der Waals surface area (Å²) in [5, 5.41) is 3.57. The van der Waals surface area contributed by atoms with E-state index in [1.807, 2.05) is 24.3 Å². The fourth-order valence-electron chi connectivity index (χ4n) is 3.57. The highest BCUT2D eigenvalue weighted by Gasteiger charge is 2.19. The molecule has 1 heterocycles. The van der Waals surface area contributed by atoms with E-state index in [1.165, 1.54) is 16.7 Å². The van der Waals surface area contributed by atoms with E-state index < -0.39 is 0 Å². The van der Waals surface area contributed by atoms with Crippen LogP contribution in [0.5, 0.6) is 17.2 Å². The lowest BCUT2D eigenvalue weighted by Crippen LogP contribution is -2.17. The first kappa shape index (κ1) is 18.4. The Kier molecular flexibility index (Phi) is 5.78. The van der Waals surface area contributed by atoms with Crippen molar-refractivity contribution in [2.24, 2.45) is 0 Å². The Morgan fingerprint density at radius 1 is 0.893 bits per heavy atom. The Labute approximate surface area is 166 Å². The zero-order valence-corrected chi connectivity index (χ0v) is 16.1. The van der Waals surface area contributed by atoms with Gasteiger partial charge in [-0.3, -0.25) is 0 Å². The van der Waals surface area contributed by atoms with Crippen LogP contribution in [0, 0.1) is 0 Å². The Balaban J connectivity index is 1.49. The first-order chi connectivity index (χ1) is 13.8. The quantitative estimate of drug-likeness (QED) is 0.578. The van der Waals surface area contributed by atoms with Gasteiger partial charge >= 0.3 is 0 Å². The molecule has 1 aliphatic rings. The molecule has 144 valence electrons. The minimum Gasteiger partial charge on any atom is -0.497 e. The predicted molar refractivity (Wildman–Crippen MR) is 110 cm³/mol. The minimum atomic E-state index is 0.267. The number of methoxy groups -OCH3 is 1. The van der Waals surface area contributed by atoms with E-state index in [0.29, 0.717) is 6.79 Å². The minimum absolute atomic E-state index is 0.267. The topological polar surface area (TPSA) is 39.7 Å². The molecule has 1 N–H and O–H groups in total. The third kappa shape index (κ3) is 4.29. The van der Waals surface area contributed by atoms with Crippen LogP contribution in [0.1, 0.15) is 29.0 Å². The second kappa shape index (κ2) is 8.81. The van der Waals surface area contributed by atoms with Gasteiger partial charge in [0.1, 0.15) is 5.75 Å². The maximum absolute atomic E-state index is 5.59. The van der Waals surface area contributed by atoms with E-state index in [0.717, 1.165) is 36.8 Å². The van der Waals surface area contributed by atoms with Crippen molar-refractivity contribution >= 4 is 0 Å². The average molecular weight is 375 g/mol. The number of hydrogen-bond acceptors (Lipinski definition) is 4. The Bertz CT molecular complexity index is 893. The van der Waals surface area contributed by atoms with Gasteiger partial charge in [0.15, 0.2) is 11.5 Å². The zero-order valence-electron chi connectivity index (χ0n) is 16.1. The van der Waals surface area contributed by atoms with Crippen LogP contribution in [0.4, 0.5) is 0 Å². The molecule has 0 amide bonds. The lowest BCUT2D eigenvalue weighted by Gasteiger charge is -2.19. The summed E-state index contributed by atoms with van der Waals surface area (Å²) >= 11 is 0. The highest BCUT2D eigenvalue weighted by molar-refractivity contribution is 5.47. The van der Waals surface area contributed by atoms with Crippen LogP contribution in [0.3, 0.4) is 0 Å². The van der Waals surface area contributed by atoms with Crippen molar-refractivity contribution in [2.75, 3.05) is 20.4 Å². The second-order valence-corrected chi connectivity index (χ2v) is 6.89. The molecule has 0 bridgehead atoms. The fraction of sp³-hybridized carbons (Fsp3) is 0.250. The van der Waals surface area contributed by atoms with Gasteiger partial charge in [0, 0.05) is 12.5 Å². The third-order valence-corrected chi connectivity index (χ3v) is 5.10. The molecule has 0 radical (unpaired) electrons. The van der Waals surface area contributed by atoms with Crippen LogP contribution in [-0.2, 0) is 6.54 Å². The van der Waals surface area contributed by atoms with Gasteiger partial charge in [-0.05, 0) is 53.9 Å². The van der Waals surface area contributed by atoms with Crippen molar-refractivity contribution in [3.05, 3.63) is 89.5 Å². The predicted octanol–water partition coefficient (Wildman–Crippen LogP) is 4.74. The third-order valence-electron chi connectivity index (χ3n) is 5.10. The summed E-state index contributed by atoms with van der Waals surface area (Å²) in [6.07, 6.45) is 0.985. The molecule has 3 aromatic carbocycles. The second-order valence-electron chi connectivity index (χ2n) is 6.89. The largest absolute Gasteiger partial charge is 0.497 e. The Morgan fingerprint density at radius 3 is 2.43 bits per heavy atom. The van der Waals surface area contributed by atoms with Gasteiger partial charge in [-0.2, -0.15) is 0 Å². The van der Waals surface area contributed by atoms with Crippen LogP contribution in [0.2, 0.25) is 0 Å². The molecule has 0 aromatic heterocycles. The van der Waals surface area contributed by atoms with Crippen LogP contribution in [-0.4, -0.2) is 20.4 Å². The van der Waals surface area contributed by atoms with Crippen LogP contribution in [0.15, 0.2) is 72.8 Å². The van der Waals surface area contributed by atoms with Crippen LogP contribution < -0.4 is 19.5 Å². The maximum atomic E-state index is 5.59. The van der Waals surface area contributed by atoms with Crippen molar-refractivity contribution in [1.29, 1.82) is 0 Å². The fourth-order valence-corrected chi connectivity index (χ4v) is 3.57. The number of benzene rings is 3. The van der Waals surface area contributed by atoms with Crippen molar-refractivity contribution in [3.8, 4) is 17.2 Å². The van der Waals surface area contributed by atoms with Crippen molar-refractivity contribution in [1.82, 2.24) is 5.32 Å². The summed E-state index contributed by atoms with van der Waals surface area (Å²) in [6.45, 7) is 2.09. The molecule has 0 unspecified atom stereocenters. The van der Waals surface area contributed by atoms with Crippen molar-refractivity contribution < 1.29 is 14.2 Å². The molecule has 28 heavy (non-hydrogen) atoms. The molecule has 0 saturated heterocycles. The molecular weight excluding hydrogens is 350 g/mol. The SMILES string of the molecule is COc1ccc([C@@H](CCNCc2ccccc2)c2ccc3c(c2)OCO3)cc1. The molecule has 0 aliphatic carbocycles. The highest BCUT2D eigenvalue weighted by Crippen LogP contribution is 2.37. The molecular formula is C24H25NO3. The molecule has 0 fully saturated rings. The maximum Gasteiger partial charge on any atom is 0.231 e. The van der Waals surface area contributed by atoms with E-state index in [2.05, 4.69) is 53.8 Å². The molecule has 3 aromatic rings. The summed E-state index contributed by atoms with van der Waals surface area (Å²) in [5.41, 5.74) is 3.80. The van der Waals surface area contributed by atoms with Gasteiger partial charge in [-0.15, -0.1) is 0 Å². The van der Waals surface area contributed by atoms with Gasteiger partial charge in [0.25, 0.3) is 0 Å². The summed E-state index contributed by atoms with van der Waals surface area (Å²) < 4.78 is 16.4. The summed E-state index contributed by atoms with van der Waals surface area (Å²) in [5.74, 6) is 2.78. The Morgan fingerprint density at radius 2 is 1.64 bits per heavy atom. The average Bonchev–Trinajstić information content (AvgIpc) is 3.23. The molecule has 1 aliphatic heterocycles. The van der Waals surface area contributed by atoms with Crippen molar-refractivity contribution in [3.63, 3.8) is 0 Å². The lowest BCUT2D eigenvalue weighted by molar-refractivity contribution is 0.174. The van der Waals surface area contributed by atoms with Crippen LogP contribution >= 0.6 is 0 Å². The Hall–Kier alpha value is -2.98. The first-order valence-electron chi connectivity index (χ1n) is 9.61. The summed E-state index contributed by atoms with van der Waals surface area (Å²) in [7, 11) is 1.69. The molecule has 4 rings (SSSR count). The molecule has 0 saturated carbocycles. The van der Waals surface area contributed by atoms with E-state index in [1.54, 1.807) is 7.11 Å². The standard InChI is InChI=1S/C24H25NO3/c1-26-21-10-7-19(8-11-21)22(13-14-25-16-18-5-3-2-4-6-18)20-9-12-23-24(15-20)28-17-27-23/h2-12,15,22,25H,13-14,16-17H2,1H3/t22-/m1/s1. The van der Waals surface area contributed by atoms with E-state index in [9.17, 15) is 0 Å². The summed E-state index contributed by atoms with van der Waals surface area (Å²) in [6, 6.07) is 25.1. The van der Waals surface area contributed by atoms with E-state index in [-0.39, 0.29) is 5.92 Å². The molecule has 4 heteroatoms. The monoisotopic (exact) mass is 375 g/mol. The highest BCUT2D eigenvalue weighted by atomic mass is 16.7. The molecule has 1 atom stereocenters. The molecule has 0 spiro atoms. The smallest absolute Gasteiger partial charge is 0.231 e.